The second kappa shape index (κ2) is 6.97. The zero-order valence-corrected chi connectivity index (χ0v) is 19.4. The highest BCUT2D eigenvalue weighted by Crippen LogP contribution is 2.59. The molecule has 3 N–H and O–H groups in total. The minimum Gasteiger partial charge on any atom is -0.487 e. The van der Waals surface area contributed by atoms with Crippen LogP contribution in [0.1, 0.15) is 66.0 Å². The smallest absolute Gasteiger partial charge is 0.231 e. The monoisotopic (exact) mass is 426 g/mol. The molecule has 2 amide bonds. The van der Waals surface area contributed by atoms with Crippen LogP contribution < -0.4 is 15.8 Å². The van der Waals surface area contributed by atoms with E-state index < -0.39 is 5.54 Å². The van der Waals surface area contributed by atoms with Crippen LogP contribution in [-0.2, 0) is 9.59 Å². The third-order valence-electron chi connectivity index (χ3n) is 7.19. The van der Waals surface area contributed by atoms with Gasteiger partial charge in [0.1, 0.15) is 11.4 Å². The Bertz CT molecular complexity index is 954. The molecular weight excluding hydrogens is 392 g/mol. The molecule has 0 bridgehead atoms. The molecule has 3 aliphatic rings. The second-order valence-corrected chi connectivity index (χ2v) is 10.9. The van der Waals surface area contributed by atoms with E-state index >= 15 is 0 Å². The molecule has 31 heavy (non-hydrogen) atoms. The van der Waals surface area contributed by atoms with Gasteiger partial charge in [-0.3, -0.25) is 14.5 Å². The van der Waals surface area contributed by atoms with Crippen LogP contribution in [-0.4, -0.2) is 40.4 Å². The standard InChI is InChI=1S/C24H34N4O3/c1-14-19(24(14,6)13-28-18(29)12-22(2,3)27-21(28)25)20(30)26-16-11-23(4,5)31-17-10-8-7-9-15(16)17/h7-10,14,16,19H,11-13H2,1-6H3,(H2,25,27)(H,26,30)/t14?,16-,19?,24-/m0/s1. The molecule has 2 unspecified atom stereocenters. The molecule has 7 nitrogen and oxygen atoms in total. The third kappa shape index (κ3) is 3.90. The van der Waals surface area contributed by atoms with Crippen molar-refractivity contribution in [2.24, 2.45) is 28.0 Å². The number of para-hydroxylation sites is 1. The third-order valence-corrected chi connectivity index (χ3v) is 7.19. The number of carbonyl (C=O) groups excluding carboxylic acids is 2. The Labute approximate surface area is 184 Å². The molecule has 4 rings (SSSR count). The number of aliphatic imine (C=N–C) groups is 1. The number of carbonyl (C=O) groups is 2. The van der Waals surface area contributed by atoms with Gasteiger partial charge < -0.3 is 15.8 Å². The first-order chi connectivity index (χ1) is 14.3. The van der Waals surface area contributed by atoms with E-state index in [1.165, 1.54) is 0 Å². The Morgan fingerprint density at radius 2 is 1.94 bits per heavy atom. The first kappa shape index (κ1) is 21.7. The Morgan fingerprint density at radius 1 is 1.26 bits per heavy atom. The van der Waals surface area contributed by atoms with E-state index in [2.05, 4.69) is 24.2 Å². The van der Waals surface area contributed by atoms with Gasteiger partial charge in [0.15, 0.2) is 5.96 Å². The quantitative estimate of drug-likeness (QED) is 0.773. The van der Waals surface area contributed by atoms with Crippen molar-refractivity contribution in [1.29, 1.82) is 0 Å². The number of benzene rings is 1. The zero-order valence-electron chi connectivity index (χ0n) is 19.4. The summed E-state index contributed by atoms with van der Waals surface area (Å²) in [5, 5.41) is 3.27. The summed E-state index contributed by atoms with van der Waals surface area (Å²) in [4.78, 5) is 32.0. The summed E-state index contributed by atoms with van der Waals surface area (Å²) in [7, 11) is 0. The lowest BCUT2D eigenvalue weighted by Gasteiger charge is -2.38. The predicted molar refractivity (Wildman–Crippen MR) is 119 cm³/mol. The van der Waals surface area contributed by atoms with Gasteiger partial charge in [0.2, 0.25) is 11.8 Å². The van der Waals surface area contributed by atoms with Crippen LogP contribution in [0.2, 0.25) is 0 Å². The van der Waals surface area contributed by atoms with Crippen molar-refractivity contribution in [3.05, 3.63) is 29.8 Å². The van der Waals surface area contributed by atoms with Gasteiger partial charge in [-0.2, -0.15) is 0 Å². The fourth-order valence-corrected chi connectivity index (χ4v) is 5.27. The Kier molecular flexibility index (Phi) is 4.87. The van der Waals surface area contributed by atoms with Gasteiger partial charge >= 0.3 is 0 Å². The fourth-order valence-electron chi connectivity index (χ4n) is 5.27. The van der Waals surface area contributed by atoms with Crippen molar-refractivity contribution in [2.45, 2.75) is 71.6 Å². The maximum atomic E-state index is 13.3. The van der Waals surface area contributed by atoms with Crippen LogP contribution in [0.4, 0.5) is 0 Å². The van der Waals surface area contributed by atoms with Gasteiger partial charge in [-0.05, 0) is 39.7 Å². The number of fused-ring (bicyclic) bond motifs is 1. The maximum absolute atomic E-state index is 13.3. The van der Waals surface area contributed by atoms with Crippen molar-refractivity contribution >= 4 is 17.8 Å². The Balaban J connectivity index is 1.49. The van der Waals surface area contributed by atoms with Gasteiger partial charge in [-0.1, -0.05) is 32.0 Å². The van der Waals surface area contributed by atoms with E-state index in [1.54, 1.807) is 4.90 Å². The number of rotatable bonds is 4. The van der Waals surface area contributed by atoms with Gasteiger partial charge in [-0.15, -0.1) is 0 Å². The van der Waals surface area contributed by atoms with E-state index in [9.17, 15) is 9.59 Å². The normalized spacial score (nSPS) is 33.1. The van der Waals surface area contributed by atoms with Crippen molar-refractivity contribution in [1.82, 2.24) is 10.2 Å². The molecule has 0 radical (unpaired) electrons. The molecule has 168 valence electrons. The topological polar surface area (TPSA) is 97.0 Å². The number of guanidine groups is 1. The SMILES string of the molecule is CC1C(C(=O)N[C@H]2CC(C)(C)Oc3ccccc32)[C@@]1(C)CN1C(=O)CC(C)(C)N=C1N. The van der Waals surface area contributed by atoms with Crippen LogP contribution in [0.25, 0.3) is 0 Å². The summed E-state index contributed by atoms with van der Waals surface area (Å²) in [6.45, 7) is 12.4. The predicted octanol–water partition coefficient (Wildman–Crippen LogP) is 3.00. The molecule has 1 aliphatic carbocycles. The van der Waals surface area contributed by atoms with Crippen LogP contribution in [0, 0.1) is 17.3 Å². The Hall–Kier alpha value is -2.57. The summed E-state index contributed by atoms with van der Waals surface area (Å²) >= 11 is 0. The number of nitrogens with zero attached hydrogens (tertiary/aromatic N) is 2. The molecule has 2 heterocycles. The number of amides is 2. The molecule has 2 aliphatic heterocycles. The van der Waals surface area contributed by atoms with E-state index in [0.717, 1.165) is 11.3 Å². The first-order valence-electron chi connectivity index (χ1n) is 11.1. The summed E-state index contributed by atoms with van der Waals surface area (Å²) in [5.74, 6) is 1.03. The Morgan fingerprint density at radius 3 is 2.61 bits per heavy atom. The van der Waals surface area contributed by atoms with Crippen LogP contribution >= 0.6 is 0 Å². The fraction of sp³-hybridized carbons (Fsp3) is 0.625. The van der Waals surface area contributed by atoms with Gasteiger partial charge in [-0.25, -0.2) is 4.99 Å². The first-order valence-corrected chi connectivity index (χ1v) is 11.1. The number of nitrogens with two attached hydrogens (primary N) is 1. The summed E-state index contributed by atoms with van der Waals surface area (Å²) in [6.07, 6.45) is 1.02. The molecule has 1 saturated carbocycles. The van der Waals surface area contributed by atoms with Crippen molar-refractivity contribution in [2.75, 3.05) is 6.54 Å². The molecule has 0 saturated heterocycles. The molecular formula is C24H34N4O3. The molecule has 4 atom stereocenters. The number of ether oxygens (including phenoxy) is 1. The van der Waals surface area contributed by atoms with Crippen LogP contribution in [0.15, 0.2) is 29.3 Å². The molecule has 7 heteroatoms. The lowest BCUT2D eigenvalue weighted by atomic mass is 9.89. The highest BCUT2D eigenvalue weighted by molar-refractivity contribution is 5.99. The van der Waals surface area contributed by atoms with Gasteiger partial charge in [0.05, 0.1) is 18.0 Å². The minimum absolute atomic E-state index is 0.0211. The summed E-state index contributed by atoms with van der Waals surface area (Å²) < 4.78 is 6.09. The highest BCUT2D eigenvalue weighted by Gasteiger charge is 2.63. The molecule has 0 spiro atoms. The van der Waals surface area contributed by atoms with Crippen LogP contribution in [0.5, 0.6) is 5.75 Å². The van der Waals surface area contributed by atoms with E-state index in [-0.39, 0.29) is 46.7 Å². The average molecular weight is 427 g/mol. The number of hydrogen-bond acceptors (Lipinski definition) is 5. The zero-order chi connectivity index (χ0) is 22.8. The van der Waals surface area contributed by atoms with Crippen LogP contribution in [0.3, 0.4) is 0 Å². The van der Waals surface area contributed by atoms with Gasteiger partial charge in [0, 0.05) is 29.9 Å². The van der Waals surface area contributed by atoms with E-state index in [4.69, 9.17) is 10.5 Å². The molecule has 1 fully saturated rings. The molecule has 1 aromatic rings. The van der Waals surface area contributed by atoms with Crippen molar-refractivity contribution < 1.29 is 14.3 Å². The molecule has 0 aromatic heterocycles. The average Bonchev–Trinajstić information content (AvgIpc) is 3.17. The largest absolute Gasteiger partial charge is 0.487 e. The van der Waals surface area contributed by atoms with Gasteiger partial charge in [0.25, 0.3) is 0 Å². The minimum atomic E-state index is -0.478. The van der Waals surface area contributed by atoms with E-state index in [0.29, 0.717) is 19.4 Å². The number of hydrogen-bond donors (Lipinski definition) is 2. The van der Waals surface area contributed by atoms with Crippen molar-refractivity contribution in [3.63, 3.8) is 0 Å². The molecule has 1 aromatic carbocycles. The van der Waals surface area contributed by atoms with Crippen molar-refractivity contribution in [3.8, 4) is 5.75 Å². The lowest BCUT2D eigenvalue weighted by Crippen LogP contribution is -2.52. The summed E-state index contributed by atoms with van der Waals surface area (Å²) in [6, 6.07) is 7.77. The number of nitrogens with one attached hydrogen (secondary N) is 1. The summed E-state index contributed by atoms with van der Waals surface area (Å²) in [5.41, 5.74) is 5.96. The second-order valence-electron chi connectivity index (χ2n) is 10.9. The maximum Gasteiger partial charge on any atom is 0.231 e. The van der Waals surface area contributed by atoms with E-state index in [1.807, 2.05) is 52.0 Å². The highest BCUT2D eigenvalue weighted by atomic mass is 16.5. The lowest BCUT2D eigenvalue weighted by molar-refractivity contribution is -0.131.